The van der Waals surface area contributed by atoms with Crippen LogP contribution in [-0.4, -0.2) is 37.0 Å². The first kappa shape index (κ1) is 14.1. The molecule has 2 N–H and O–H groups in total. The summed E-state index contributed by atoms with van der Waals surface area (Å²) in [6.45, 7) is 4.95. The van der Waals surface area contributed by atoms with Gasteiger partial charge in [0.25, 0.3) is 0 Å². The maximum absolute atomic E-state index is 11.6. The fourth-order valence-electron chi connectivity index (χ4n) is 2.33. The average Bonchev–Trinajstić information content (AvgIpc) is 2.61. The van der Waals surface area contributed by atoms with Crippen LogP contribution in [0.1, 0.15) is 26.7 Å². The van der Waals surface area contributed by atoms with E-state index < -0.39 is 9.84 Å². The summed E-state index contributed by atoms with van der Waals surface area (Å²) in [5, 5.41) is 6.58. The van der Waals surface area contributed by atoms with Crippen molar-refractivity contribution in [3.8, 4) is 0 Å². The maximum Gasteiger partial charge on any atom is 0.152 e. The maximum atomic E-state index is 11.6. The number of hydrogen-bond acceptors (Lipinski definition) is 5. The van der Waals surface area contributed by atoms with Gasteiger partial charge in [-0.25, -0.2) is 8.42 Å². The molecule has 0 radical (unpaired) electrons. The van der Waals surface area contributed by atoms with E-state index in [0.717, 1.165) is 24.3 Å². The second-order valence-electron chi connectivity index (χ2n) is 5.42. The lowest BCUT2D eigenvalue weighted by molar-refractivity contribution is 0.574. The zero-order chi connectivity index (χ0) is 13.9. The fraction of sp³-hybridized carbons (Fsp3) is 0.615. The van der Waals surface area contributed by atoms with Crippen molar-refractivity contribution in [2.45, 2.75) is 32.2 Å². The Hall–Kier alpha value is -1.30. The molecule has 0 bridgehead atoms. The molecule has 19 heavy (non-hydrogen) atoms. The summed E-state index contributed by atoms with van der Waals surface area (Å²) in [6.07, 6.45) is 5.19. The molecular weight excluding hydrogens is 262 g/mol. The molecular formula is C13H21N3O2S. The number of nitrogens with one attached hydrogen (secondary N) is 2. The van der Waals surface area contributed by atoms with Gasteiger partial charge < -0.3 is 10.6 Å². The molecule has 0 spiro atoms. The van der Waals surface area contributed by atoms with Crippen molar-refractivity contribution in [1.82, 2.24) is 4.98 Å². The molecule has 1 aromatic rings. The third-order valence-electron chi connectivity index (χ3n) is 3.27. The summed E-state index contributed by atoms with van der Waals surface area (Å²) in [5.41, 5.74) is 1.43. The van der Waals surface area contributed by atoms with Crippen LogP contribution < -0.4 is 10.6 Å². The van der Waals surface area contributed by atoms with Crippen molar-refractivity contribution < 1.29 is 8.42 Å². The van der Waals surface area contributed by atoms with Crippen LogP contribution in [0.2, 0.25) is 0 Å². The Balaban J connectivity index is 2.07. The highest BCUT2D eigenvalue weighted by Crippen LogP contribution is 2.27. The lowest BCUT2D eigenvalue weighted by atomic mass is 10.0. The minimum Gasteiger partial charge on any atom is -0.384 e. The highest BCUT2D eigenvalue weighted by Gasteiger charge is 2.38. The first-order valence-electron chi connectivity index (χ1n) is 6.60. The summed E-state index contributed by atoms with van der Waals surface area (Å²) < 4.78 is 23.2. The van der Waals surface area contributed by atoms with Crippen molar-refractivity contribution in [3.63, 3.8) is 0 Å². The van der Waals surface area contributed by atoms with Gasteiger partial charge in [0.05, 0.1) is 35.3 Å². The van der Waals surface area contributed by atoms with Crippen molar-refractivity contribution in [1.29, 1.82) is 0 Å². The quantitative estimate of drug-likeness (QED) is 0.863. The van der Waals surface area contributed by atoms with Crippen molar-refractivity contribution in [3.05, 3.63) is 18.5 Å². The Kier molecular flexibility index (Phi) is 3.99. The first-order chi connectivity index (χ1) is 8.92. The topological polar surface area (TPSA) is 71.1 Å². The van der Waals surface area contributed by atoms with Gasteiger partial charge in [0.1, 0.15) is 0 Å². The van der Waals surface area contributed by atoms with Gasteiger partial charge in [-0.15, -0.1) is 0 Å². The van der Waals surface area contributed by atoms with Gasteiger partial charge in [0.2, 0.25) is 0 Å². The van der Waals surface area contributed by atoms with Gasteiger partial charge in [0.15, 0.2) is 9.84 Å². The molecule has 1 unspecified atom stereocenters. The zero-order valence-corrected chi connectivity index (χ0v) is 12.3. The van der Waals surface area contributed by atoms with E-state index in [0.29, 0.717) is 6.42 Å². The van der Waals surface area contributed by atoms with Gasteiger partial charge in [-0.05, 0) is 25.8 Å². The second-order valence-corrected chi connectivity index (χ2v) is 7.60. The minimum atomic E-state index is -2.90. The zero-order valence-electron chi connectivity index (χ0n) is 11.4. The number of hydrogen-bond donors (Lipinski definition) is 2. The van der Waals surface area contributed by atoms with Gasteiger partial charge >= 0.3 is 0 Å². The van der Waals surface area contributed by atoms with Gasteiger partial charge in [-0.1, -0.05) is 6.92 Å². The lowest BCUT2D eigenvalue weighted by Crippen LogP contribution is -2.35. The molecule has 2 heterocycles. The molecule has 5 nitrogen and oxygen atoms in total. The van der Waals surface area contributed by atoms with Crippen molar-refractivity contribution in [2.24, 2.45) is 0 Å². The molecule has 0 aromatic carbocycles. The van der Waals surface area contributed by atoms with Crippen LogP contribution in [0.25, 0.3) is 0 Å². The van der Waals surface area contributed by atoms with Crippen LogP contribution in [0, 0.1) is 0 Å². The van der Waals surface area contributed by atoms with Crippen molar-refractivity contribution >= 4 is 21.2 Å². The summed E-state index contributed by atoms with van der Waals surface area (Å²) in [7, 11) is -2.90. The molecule has 1 fully saturated rings. The number of nitrogens with zero attached hydrogens (tertiary/aromatic N) is 1. The molecule has 1 aliphatic heterocycles. The first-order valence-corrected chi connectivity index (χ1v) is 8.42. The van der Waals surface area contributed by atoms with E-state index in [4.69, 9.17) is 0 Å². The fourth-order valence-corrected chi connectivity index (χ4v) is 4.42. The average molecular weight is 283 g/mol. The largest absolute Gasteiger partial charge is 0.384 e. The normalized spacial score (nSPS) is 25.2. The van der Waals surface area contributed by atoms with Crippen LogP contribution >= 0.6 is 0 Å². The Morgan fingerprint density at radius 2 is 2.11 bits per heavy atom. The minimum absolute atomic E-state index is 0.187. The molecule has 1 aliphatic rings. The summed E-state index contributed by atoms with van der Waals surface area (Å²) in [4.78, 5) is 4.17. The van der Waals surface area contributed by atoms with E-state index >= 15 is 0 Å². The third-order valence-corrected chi connectivity index (χ3v) is 5.17. The lowest BCUT2D eigenvalue weighted by Gasteiger charge is -2.25. The van der Waals surface area contributed by atoms with Gasteiger partial charge in [0, 0.05) is 12.1 Å². The summed E-state index contributed by atoms with van der Waals surface area (Å²) in [6, 6.07) is 1.97. The monoisotopic (exact) mass is 283 g/mol. The SMILES string of the molecule is CCCNc1cncc(NC2(C)CCS(=O)(=O)C2)c1. The van der Waals surface area contributed by atoms with E-state index in [-0.39, 0.29) is 17.0 Å². The third kappa shape index (κ3) is 3.83. The van der Waals surface area contributed by atoms with Crippen LogP contribution in [-0.2, 0) is 9.84 Å². The van der Waals surface area contributed by atoms with E-state index in [1.54, 1.807) is 12.4 Å². The molecule has 6 heteroatoms. The van der Waals surface area contributed by atoms with E-state index in [9.17, 15) is 8.42 Å². The highest BCUT2D eigenvalue weighted by molar-refractivity contribution is 7.91. The summed E-state index contributed by atoms with van der Waals surface area (Å²) in [5.74, 6) is 0.449. The smallest absolute Gasteiger partial charge is 0.152 e. The number of rotatable bonds is 5. The van der Waals surface area contributed by atoms with Crippen LogP contribution in [0.15, 0.2) is 18.5 Å². The number of aromatic nitrogens is 1. The molecule has 2 rings (SSSR count). The molecule has 0 amide bonds. The number of anilines is 2. The van der Waals surface area contributed by atoms with Crippen LogP contribution in [0.5, 0.6) is 0 Å². The van der Waals surface area contributed by atoms with Crippen molar-refractivity contribution in [2.75, 3.05) is 28.7 Å². The predicted molar refractivity (Wildman–Crippen MR) is 78.3 cm³/mol. The number of pyridine rings is 1. The van der Waals surface area contributed by atoms with Gasteiger partial charge in [-0.2, -0.15) is 0 Å². The molecule has 1 saturated heterocycles. The predicted octanol–water partition coefficient (Wildman–Crippen LogP) is 1.89. The summed E-state index contributed by atoms with van der Waals surface area (Å²) >= 11 is 0. The Morgan fingerprint density at radius 3 is 2.74 bits per heavy atom. The molecule has 1 aromatic heterocycles. The molecule has 106 valence electrons. The van der Waals surface area contributed by atoms with E-state index in [2.05, 4.69) is 22.5 Å². The Labute approximate surface area is 114 Å². The standard InChI is InChI=1S/C13H21N3O2S/c1-3-5-15-11-7-12(9-14-8-11)16-13(2)4-6-19(17,18)10-13/h7-9,15-16H,3-6,10H2,1-2H3. The van der Waals surface area contributed by atoms with E-state index in [1.165, 1.54) is 0 Å². The Bertz CT molecular complexity index is 545. The Morgan fingerprint density at radius 1 is 1.37 bits per heavy atom. The molecule has 1 atom stereocenters. The van der Waals surface area contributed by atoms with Gasteiger partial charge in [-0.3, -0.25) is 4.98 Å². The van der Waals surface area contributed by atoms with E-state index in [1.807, 2.05) is 13.0 Å². The highest BCUT2D eigenvalue weighted by atomic mass is 32.2. The number of sulfone groups is 1. The van der Waals surface area contributed by atoms with Crippen LogP contribution in [0.3, 0.4) is 0 Å². The molecule has 0 aliphatic carbocycles. The molecule has 0 saturated carbocycles. The second kappa shape index (κ2) is 5.36. The van der Waals surface area contributed by atoms with Crippen LogP contribution in [0.4, 0.5) is 11.4 Å².